The maximum atomic E-state index is 13.1. The summed E-state index contributed by atoms with van der Waals surface area (Å²) in [5.41, 5.74) is 1.91. The zero-order chi connectivity index (χ0) is 19.1. The third-order valence-electron chi connectivity index (χ3n) is 6.30. The second-order valence-electron chi connectivity index (χ2n) is 7.77. The minimum atomic E-state index is -0.912. The van der Waals surface area contributed by atoms with Crippen LogP contribution in [-0.4, -0.2) is 45.3 Å². The fraction of sp³-hybridized carbons (Fsp3) is 0.476. The van der Waals surface area contributed by atoms with Gasteiger partial charge < -0.3 is 14.9 Å². The van der Waals surface area contributed by atoms with Gasteiger partial charge in [0.1, 0.15) is 6.04 Å². The number of carboxylic acids is 1. The zero-order valence-electron chi connectivity index (χ0n) is 15.4. The lowest BCUT2D eigenvalue weighted by atomic mass is 9.92. The Morgan fingerprint density at radius 1 is 1.19 bits per heavy atom. The number of carbonyl (C=O) groups excluding carboxylic acids is 2. The van der Waals surface area contributed by atoms with E-state index in [0.29, 0.717) is 6.54 Å². The van der Waals surface area contributed by atoms with Crippen LogP contribution in [0.25, 0.3) is 6.08 Å². The van der Waals surface area contributed by atoms with Crippen molar-refractivity contribution < 1.29 is 19.5 Å². The minimum Gasteiger partial charge on any atom is -0.480 e. The summed E-state index contributed by atoms with van der Waals surface area (Å²) in [6.45, 7) is 2.00. The Morgan fingerprint density at radius 3 is 2.70 bits per heavy atom. The van der Waals surface area contributed by atoms with Crippen LogP contribution in [0.1, 0.15) is 49.8 Å². The van der Waals surface area contributed by atoms with Crippen LogP contribution in [0.15, 0.2) is 30.5 Å². The Morgan fingerprint density at radius 2 is 1.96 bits per heavy atom. The molecule has 6 nitrogen and oxygen atoms in total. The summed E-state index contributed by atoms with van der Waals surface area (Å²) in [7, 11) is 0. The molecule has 1 aromatic rings. The molecule has 4 atom stereocenters. The summed E-state index contributed by atoms with van der Waals surface area (Å²) in [6.07, 6.45) is 6.60. The molecule has 1 saturated carbocycles. The quantitative estimate of drug-likeness (QED) is 0.890. The lowest BCUT2D eigenvalue weighted by Crippen LogP contribution is -2.45. The van der Waals surface area contributed by atoms with E-state index in [4.69, 9.17) is 0 Å². The second-order valence-corrected chi connectivity index (χ2v) is 7.77. The van der Waals surface area contributed by atoms with Gasteiger partial charge in [0.05, 0.1) is 12.5 Å². The molecule has 1 N–H and O–H groups in total. The molecule has 0 spiro atoms. The number of amides is 2. The molecule has 2 amide bonds. The first-order valence-corrected chi connectivity index (χ1v) is 9.55. The molecule has 6 heteroatoms. The maximum absolute atomic E-state index is 13.1. The molecule has 3 aliphatic rings. The Kier molecular flexibility index (Phi) is 4.50. The Hall–Kier alpha value is -2.63. The van der Waals surface area contributed by atoms with Gasteiger partial charge in [-0.15, -0.1) is 0 Å². The standard InChI is InChI=1S/C21H24N2O4/c1-13(24)22-10-9-14-5-2-3-7-16(14)18(22)11-19(25)23-12-15-6-4-8-17(15)20(23)21(26)27/h2-3,5,7,9-10,15,17-18,20H,4,6,8,11-12H2,1H3,(H,26,27). The molecule has 2 heterocycles. The molecule has 4 rings (SSSR count). The van der Waals surface area contributed by atoms with E-state index in [1.165, 1.54) is 6.92 Å². The SMILES string of the molecule is CC(=O)N1C=Cc2ccccc2C1CC(=O)N1CC2CCCC2C1C(=O)O. The molecule has 0 radical (unpaired) electrons. The maximum Gasteiger partial charge on any atom is 0.326 e. The summed E-state index contributed by atoms with van der Waals surface area (Å²) in [4.78, 5) is 40.2. The zero-order valence-corrected chi connectivity index (χ0v) is 15.4. The summed E-state index contributed by atoms with van der Waals surface area (Å²) in [6, 6.07) is 6.58. The molecule has 1 aromatic carbocycles. The predicted molar refractivity (Wildman–Crippen MR) is 99.3 cm³/mol. The normalized spacial score (nSPS) is 28.8. The van der Waals surface area contributed by atoms with Gasteiger partial charge in [-0.3, -0.25) is 9.59 Å². The second kappa shape index (κ2) is 6.83. The van der Waals surface area contributed by atoms with Crippen LogP contribution in [0.2, 0.25) is 0 Å². The number of fused-ring (bicyclic) bond motifs is 2. The molecule has 0 aromatic heterocycles. The van der Waals surface area contributed by atoms with Crippen LogP contribution in [0.4, 0.5) is 0 Å². The van der Waals surface area contributed by atoms with E-state index in [2.05, 4.69) is 0 Å². The summed E-state index contributed by atoms with van der Waals surface area (Å²) >= 11 is 0. The van der Waals surface area contributed by atoms with Gasteiger partial charge in [0.15, 0.2) is 0 Å². The van der Waals surface area contributed by atoms with Gasteiger partial charge in [0.2, 0.25) is 11.8 Å². The molecular formula is C21H24N2O4. The van der Waals surface area contributed by atoms with Crippen molar-refractivity contribution >= 4 is 23.9 Å². The molecule has 142 valence electrons. The number of nitrogens with zero attached hydrogens (tertiary/aromatic N) is 2. The largest absolute Gasteiger partial charge is 0.480 e. The van der Waals surface area contributed by atoms with Crippen molar-refractivity contribution in [3.05, 3.63) is 41.6 Å². The van der Waals surface area contributed by atoms with E-state index in [1.54, 1.807) is 16.0 Å². The van der Waals surface area contributed by atoms with Crippen LogP contribution in [0.3, 0.4) is 0 Å². The van der Waals surface area contributed by atoms with E-state index in [0.717, 1.165) is 30.4 Å². The Bertz CT molecular complexity index is 818. The van der Waals surface area contributed by atoms with E-state index < -0.39 is 18.1 Å². The van der Waals surface area contributed by atoms with Crippen molar-refractivity contribution in [2.24, 2.45) is 11.8 Å². The van der Waals surface area contributed by atoms with Crippen LogP contribution < -0.4 is 0 Å². The molecule has 27 heavy (non-hydrogen) atoms. The monoisotopic (exact) mass is 368 g/mol. The molecule has 1 aliphatic carbocycles. The number of benzene rings is 1. The number of aliphatic carboxylic acids is 1. The lowest BCUT2D eigenvalue weighted by molar-refractivity contribution is -0.150. The van der Waals surface area contributed by atoms with E-state index in [-0.39, 0.29) is 30.1 Å². The number of likely N-dealkylation sites (tertiary alicyclic amines) is 1. The number of rotatable bonds is 3. The smallest absolute Gasteiger partial charge is 0.326 e. The van der Waals surface area contributed by atoms with Crippen molar-refractivity contribution in [1.82, 2.24) is 9.80 Å². The van der Waals surface area contributed by atoms with E-state index in [9.17, 15) is 19.5 Å². The lowest BCUT2D eigenvalue weighted by Gasteiger charge is -2.34. The summed E-state index contributed by atoms with van der Waals surface area (Å²) in [5, 5.41) is 9.71. The fourth-order valence-electron chi connectivity index (χ4n) is 5.07. The first-order valence-electron chi connectivity index (χ1n) is 9.55. The third-order valence-corrected chi connectivity index (χ3v) is 6.30. The van der Waals surface area contributed by atoms with Gasteiger partial charge >= 0.3 is 5.97 Å². The number of hydrogen-bond donors (Lipinski definition) is 1. The molecular weight excluding hydrogens is 344 g/mol. The van der Waals surface area contributed by atoms with Crippen LogP contribution in [-0.2, 0) is 14.4 Å². The van der Waals surface area contributed by atoms with Gasteiger partial charge in [-0.2, -0.15) is 0 Å². The Balaban J connectivity index is 1.60. The van der Waals surface area contributed by atoms with E-state index >= 15 is 0 Å². The topological polar surface area (TPSA) is 77.9 Å². The van der Waals surface area contributed by atoms with Gasteiger partial charge in [-0.05, 0) is 41.9 Å². The number of hydrogen-bond acceptors (Lipinski definition) is 3. The van der Waals surface area contributed by atoms with Crippen molar-refractivity contribution in [1.29, 1.82) is 0 Å². The summed E-state index contributed by atoms with van der Waals surface area (Å²) < 4.78 is 0. The highest BCUT2D eigenvalue weighted by Gasteiger charge is 2.49. The molecule has 0 bridgehead atoms. The highest BCUT2D eigenvalue weighted by molar-refractivity contribution is 5.86. The van der Waals surface area contributed by atoms with Gasteiger partial charge in [-0.25, -0.2) is 4.79 Å². The molecule has 1 saturated heterocycles. The average molecular weight is 368 g/mol. The first-order chi connectivity index (χ1) is 13.0. The third kappa shape index (κ3) is 3.03. The van der Waals surface area contributed by atoms with Crippen LogP contribution in [0, 0.1) is 11.8 Å². The van der Waals surface area contributed by atoms with Crippen molar-refractivity contribution in [2.45, 2.75) is 44.7 Å². The Labute approximate surface area is 158 Å². The number of carbonyl (C=O) groups is 3. The van der Waals surface area contributed by atoms with Gasteiger partial charge in [-0.1, -0.05) is 30.7 Å². The predicted octanol–water partition coefficient (Wildman–Crippen LogP) is 2.66. The van der Waals surface area contributed by atoms with Crippen LogP contribution >= 0.6 is 0 Å². The number of carboxylic acid groups (broad SMARTS) is 1. The van der Waals surface area contributed by atoms with E-state index in [1.807, 2.05) is 30.3 Å². The highest BCUT2D eigenvalue weighted by atomic mass is 16.4. The van der Waals surface area contributed by atoms with Crippen molar-refractivity contribution in [2.75, 3.05) is 6.54 Å². The first kappa shape index (κ1) is 17.8. The van der Waals surface area contributed by atoms with Gasteiger partial charge in [0.25, 0.3) is 0 Å². The summed E-state index contributed by atoms with van der Waals surface area (Å²) in [5.74, 6) is -0.874. The minimum absolute atomic E-state index is 0.0638. The van der Waals surface area contributed by atoms with Gasteiger partial charge in [0, 0.05) is 19.7 Å². The fourth-order valence-corrected chi connectivity index (χ4v) is 5.07. The van der Waals surface area contributed by atoms with Crippen molar-refractivity contribution in [3.8, 4) is 0 Å². The van der Waals surface area contributed by atoms with Crippen molar-refractivity contribution in [3.63, 3.8) is 0 Å². The molecule has 4 unspecified atom stereocenters. The molecule has 2 fully saturated rings. The molecule has 2 aliphatic heterocycles. The average Bonchev–Trinajstić information content (AvgIpc) is 3.22. The highest BCUT2D eigenvalue weighted by Crippen LogP contribution is 2.43. The van der Waals surface area contributed by atoms with Crippen LogP contribution in [0.5, 0.6) is 0 Å².